The molecule has 0 fully saturated rings. The lowest BCUT2D eigenvalue weighted by Crippen LogP contribution is -2.11. The summed E-state index contributed by atoms with van der Waals surface area (Å²) in [6.07, 6.45) is -0.145. The third-order valence-electron chi connectivity index (χ3n) is 2.33. The summed E-state index contributed by atoms with van der Waals surface area (Å²) in [7, 11) is 0. The van der Waals surface area contributed by atoms with Gasteiger partial charge in [-0.1, -0.05) is 36.4 Å². The van der Waals surface area contributed by atoms with Gasteiger partial charge in [0.1, 0.15) is 0 Å². The lowest BCUT2D eigenvalue weighted by atomic mass is 10.1. The predicted molar refractivity (Wildman–Crippen MR) is 65.6 cm³/mol. The number of carbonyl (C=O) groups is 1. The molecule has 0 radical (unpaired) electrons. The quantitative estimate of drug-likeness (QED) is 0.599. The summed E-state index contributed by atoms with van der Waals surface area (Å²) in [5, 5.41) is 1.87. The Balaban J connectivity index is 2.32. The molecule has 0 spiro atoms. The molecule has 0 aromatic heterocycles. The van der Waals surface area contributed by atoms with E-state index in [2.05, 4.69) is 0 Å². The molecule has 88 valence electrons. The van der Waals surface area contributed by atoms with E-state index in [0.717, 1.165) is 10.8 Å². The first-order chi connectivity index (χ1) is 8.18. The summed E-state index contributed by atoms with van der Waals surface area (Å²) in [6.45, 7) is 3.60. The molecule has 2 rings (SSSR count). The van der Waals surface area contributed by atoms with Crippen LogP contribution in [0.4, 0.5) is 0 Å². The highest BCUT2D eigenvalue weighted by Gasteiger charge is 2.12. The number of fused-ring (bicyclic) bond motifs is 1. The van der Waals surface area contributed by atoms with E-state index in [9.17, 15) is 4.79 Å². The molecule has 3 heteroatoms. The first-order valence-electron chi connectivity index (χ1n) is 5.54. The van der Waals surface area contributed by atoms with Crippen molar-refractivity contribution in [2.24, 2.45) is 0 Å². The van der Waals surface area contributed by atoms with E-state index >= 15 is 0 Å². The zero-order valence-corrected chi connectivity index (χ0v) is 9.84. The molecule has 0 atom stereocenters. The second kappa shape index (κ2) is 4.97. The maximum Gasteiger partial charge on any atom is 0.373 e. The van der Waals surface area contributed by atoms with E-state index in [-0.39, 0.29) is 6.10 Å². The highest BCUT2D eigenvalue weighted by molar-refractivity contribution is 6.04. The monoisotopic (exact) mass is 230 g/mol. The van der Waals surface area contributed by atoms with Crippen LogP contribution in [-0.4, -0.2) is 12.1 Å². The van der Waals surface area contributed by atoms with Crippen LogP contribution in [0.25, 0.3) is 10.8 Å². The highest BCUT2D eigenvalue weighted by atomic mass is 17.2. The first-order valence-corrected chi connectivity index (χ1v) is 5.54. The van der Waals surface area contributed by atoms with Gasteiger partial charge in [-0.2, -0.15) is 4.89 Å². The fraction of sp³-hybridized carbons (Fsp3) is 0.214. The van der Waals surface area contributed by atoms with Crippen LogP contribution in [0.3, 0.4) is 0 Å². The molecule has 0 amide bonds. The largest absolute Gasteiger partial charge is 0.373 e. The smallest absolute Gasteiger partial charge is 0.293 e. The van der Waals surface area contributed by atoms with Crippen LogP contribution in [0.5, 0.6) is 0 Å². The Bertz CT molecular complexity index is 526. The molecule has 0 saturated carbocycles. The molecule has 0 saturated heterocycles. The number of hydrogen-bond acceptors (Lipinski definition) is 3. The second-order valence-electron chi connectivity index (χ2n) is 4.04. The fourth-order valence-corrected chi connectivity index (χ4v) is 1.59. The lowest BCUT2D eigenvalue weighted by molar-refractivity contribution is -0.265. The summed E-state index contributed by atoms with van der Waals surface area (Å²) in [6, 6.07) is 13.2. The summed E-state index contributed by atoms with van der Waals surface area (Å²) < 4.78 is 0. The SMILES string of the molecule is CC(C)OOC(=O)c1cccc2ccccc12. The Kier molecular flexibility index (Phi) is 3.40. The van der Waals surface area contributed by atoms with Crippen molar-refractivity contribution in [2.75, 3.05) is 0 Å². The standard InChI is InChI=1S/C14H14O3/c1-10(2)16-17-14(15)13-9-5-7-11-6-3-4-8-12(11)13/h3-10H,1-2H3. The van der Waals surface area contributed by atoms with E-state index in [4.69, 9.17) is 9.78 Å². The van der Waals surface area contributed by atoms with Crippen molar-refractivity contribution < 1.29 is 14.6 Å². The average Bonchev–Trinajstić information content (AvgIpc) is 2.35. The third-order valence-corrected chi connectivity index (χ3v) is 2.33. The minimum atomic E-state index is -0.462. The van der Waals surface area contributed by atoms with Gasteiger partial charge in [-0.05, 0) is 30.7 Å². The van der Waals surface area contributed by atoms with E-state index < -0.39 is 5.97 Å². The van der Waals surface area contributed by atoms with Crippen LogP contribution in [0.2, 0.25) is 0 Å². The number of hydrogen-bond donors (Lipinski definition) is 0. The van der Waals surface area contributed by atoms with Crippen LogP contribution in [0, 0.1) is 0 Å². The minimum Gasteiger partial charge on any atom is -0.293 e. The van der Waals surface area contributed by atoms with Gasteiger partial charge < -0.3 is 0 Å². The summed E-state index contributed by atoms with van der Waals surface area (Å²) in [5.74, 6) is -0.462. The van der Waals surface area contributed by atoms with Crippen molar-refractivity contribution in [1.29, 1.82) is 0 Å². The highest BCUT2D eigenvalue weighted by Crippen LogP contribution is 2.19. The van der Waals surface area contributed by atoms with Gasteiger partial charge in [-0.3, -0.25) is 4.89 Å². The van der Waals surface area contributed by atoms with Crippen molar-refractivity contribution in [1.82, 2.24) is 0 Å². The Morgan fingerprint density at radius 2 is 1.76 bits per heavy atom. The van der Waals surface area contributed by atoms with Crippen molar-refractivity contribution in [2.45, 2.75) is 20.0 Å². The molecule has 2 aromatic rings. The Labute approximate surface area is 99.9 Å². The van der Waals surface area contributed by atoms with Crippen LogP contribution < -0.4 is 0 Å². The third kappa shape index (κ3) is 2.63. The number of carbonyl (C=O) groups excluding carboxylic acids is 1. The van der Waals surface area contributed by atoms with Gasteiger partial charge in [0.05, 0.1) is 11.7 Å². The average molecular weight is 230 g/mol. The normalized spacial score (nSPS) is 10.8. The Hall–Kier alpha value is -1.87. The van der Waals surface area contributed by atoms with Crippen molar-refractivity contribution in [3.8, 4) is 0 Å². The fourth-order valence-electron chi connectivity index (χ4n) is 1.59. The molecular formula is C14H14O3. The zero-order chi connectivity index (χ0) is 12.3. The maximum absolute atomic E-state index is 11.8. The number of rotatable bonds is 3. The maximum atomic E-state index is 11.8. The predicted octanol–water partition coefficient (Wildman–Crippen LogP) is 3.34. The molecule has 2 aromatic carbocycles. The van der Waals surface area contributed by atoms with E-state index in [1.165, 1.54) is 0 Å². The molecule has 0 unspecified atom stereocenters. The molecular weight excluding hydrogens is 216 g/mol. The van der Waals surface area contributed by atoms with Gasteiger partial charge in [0.2, 0.25) is 0 Å². The molecule has 0 heterocycles. The Morgan fingerprint density at radius 3 is 2.53 bits per heavy atom. The van der Waals surface area contributed by atoms with Crippen molar-refractivity contribution in [3.05, 3.63) is 48.0 Å². The van der Waals surface area contributed by atoms with Crippen molar-refractivity contribution >= 4 is 16.7 Å². The Morgan fingerprint density at radius 1 is 1.06 bits per heavy atom. The molecule has 17 heavy (non-hydrogen) atoms. The van der Waals surface area contributed by atoms with Crippen molar-refractivity contribution in [3.63, 3.8) is 0 Å². The van der Waals surface area contributed by atoms with Gasteiger partial charge in [-0.15, -0.1) is 0 Å². The summed E-state index contributed by atoms with van der Waals surface area (Å²) >= 11 is 0. The van der Waals surface area contributed by atoms with Gasteiger partial charge in [0.25, 0.3) is 0 Å². The molecule has 0 aliphatic carbocycles. The van der Waals surface area contributed by atoms with E-state index in [0.29, 0.717) is 5.56 Å². The second-order valence-corrected chi connectivity index (χ2v) is 4.04. The molecule has 0 aliphatic heterocycles. The van der Waals surface area contributed by atoms with E-state index in [1.807, 2.05) is 36.4 Å². The summed E-state index contributed by atoms with van der Waals surface area (Å²) in [4.78, 5) is 21.4. The van der Waals surface area contributed by atoms with Crippen LogP contribution in [0.1, 0.15) is 24.2 Å². The molecule has 0 bridgehead atoms. The van der Waals surface area contributed by atoms with Gasteiger partial charge >= 0.3 is 5.97 Å². The molecule has 3 nitrogen and oxygen atoms in total. The molecule has 0 aliphatic rings. The lowest BCUT2D eigenvalue weighted by Gasteiger charge is -2.07. The van der Waals surface area contributed by atoms with Gasteiger partial charge in [0.15, 0.2) is 0 Å². The number of benzene rings is 2. The van der Waals surface area contributed by atoms with Crippen LogP contribution in [0.15, 0.2) is 42.5 Å². The first kappa shape index (κ1) is 11.6. The topological polar surface area (TPSA) is 35.5 Å². The van der Waals surface area contributed by atoms with Gasteiger partial charge in [0, 0.05) is 0 Å². The van der Waals surface area contributed by atoms with Crippen LogP contribution in [-0.2, 0) is 9.78 Å². The van der Waals surface area contributed by atoms with Gasteiger partial charge in [-0.25, -0.2) is 4.79 Å². The zero-order valence-electron chi connectivity index (χ0n) is 9.84. The molecule has 0 N–H and O–H groups in total. The van der Waals surface area contributed by atoms with E-state index in [1.54, 1.807) is 19.9 Å². The van der Waals surface area contributed by atoms with Crippen LogP contribution >= 0.6 is 0 Å². The summed E-state index contributed by atoms with van der Waals surface area (Å²) in [5.41, 5.74) is 0.517. The minimum absolute atomic E-state index is 0.145.